The van der Waals surface area contributed by atoms with E-state index in [1.165, 1.54) is 0 Å². The molecule has 0 spiro atoms. The van der Waals surface area contributed by atoms with Crippen LogP contribution in [0.25, 0.3) is 0 Å². The van der Waals surface area contributed by atoms with Gasteiger partial charge in [0.15, 0.2) is 0 Å². The van der Waals surface area contributed by atoms with Gasteiger partial charge in [-0.1, -0.05) is 23.7 Å². The van der Waals surface area contributed by atoms with E-state index in [1.807, 2.05) is 17.0 Å². The van der Waals surface area contributed by atoms with Gasteiger partial charge in [0.05, 0.1) is 0 Å². The molecule has 0 bridgehead atoms. The number of nitrogens with two attached hydrogens (primary N) is 1. The van der Waals surface area contributed by atoms with E-state index in [1.54, 1.807) is 12.1 Å². The molecule has 0 aromatic heterocycles. The van der Waals surface area contributed by atoms with Gasteiger partial charge in [-0.05, 0) is 24.7 Å². The van der Waals surface area contributed by atoms with Crippen molar-refractivity contribution in [1.29, 1.82) is 0 Å². The van der Waals surface area contributed by atoms with E-state index in [4.69, 9.17) is 17.3 Å². The van der Waals surface area contributed by atoms with E-state index in [-0.39, 0.29) is 5.91 Å². The summed E-state index contributed by atoms with van der Waals surface area (Å²) in [6.45, 7) is 3.27. The van der Waals surface area contributed by atoms with Crippen LogP contribution in [0.5, 0.6) is 0 Å². The van der Waals surface area contributed by atoms with E-state index < -0.39 is 6.04 Å². The molecule has 5 heteroatoms. The van der Waals surface area contributed by atoms with E-state index in [0.29, 0.717) is 5.02 Å². The summed E-state index contributed by atoms with van der Waals surface area (Å²) in [5.74, 6) is -0.0228. The van der Waals surface area contributed by atoms with Crippen LogP contribution < -0.4 is 5.73 Å². The van der Waals surface area contributed by atoms with E-state index >= 15 is 0 Å². The second-order valence-electron chi connectivity index (χ2n) is 4.66. The average molecular weight is 268 g/mol. The molecule has 1 amide bonds. The molecule has 4 nitrogen and oxygen atoms in total. The SMILES string of the molecule is CN1CCN(C(=O)C(N)c2cccc(Cl)c2)CC1. The highest BCUT2D eigenvalue weighted by atomic mass is 35.5. The Kier molecular flexibility index (Phi) is 4.22. The van der Waals surface area contributed by atoms with E-state index in [0.717, 1.165) is 31.7 Å². The number of amides is 1. The number of piperazine rings is 1. The summed E-state index contributed by atoms with van der Waals surface area (Å²) in [6.07, 6.45) is 0. The lowest BCUT2D eigenvalue weighted by Gasteiger charge is -2.34. The van der Waals surface area contributed by atoms with Crippen LogP contribution in [0.4, 0.5) is 0 Å². The van der Waals surface area contributed by atoms with Crippen molar-refractivity contribution >= 4 is 17.5 Å². The molecule has 2 rings (SSSR count). The normalized spacial score (nSPS) is 18.7. The van der Waals surface area contributed by atoms with Crippen LogP contribution in [0.15, 0.2) is 24.3 Å². The summed E-state index contributed by atoms with van der Waals surface area (Å²) < 4.78 is 0. The van der Waals surface area contributed by atoms with Gasteiger partial charge in [-0.2, -0.15) is 0 Å². The molecule has 1 aromatic rings. The van der Waals surface area contributed by atoms with E-state index in [2.05, 4.69) is 11.9 Å². The zero-order valence-corrected chi connectivity index (χ0v) is 11.2. The minimum Gasteiger partial charge on any atom is -0.338 e. The number of hydrogen-bond donors (Lipinski definition) is 1. The Morgan fingerprint density at radius 2 is 2.00 bits per heavy atom. The third-order valence-electron chi connectivity index (χ3n) is 3.29. The second kappa shape index (κ2) is 5.69. The van der Waals surface area contributed by atoms with Crippen molar-refractivity contribution in [3.05, 3.63) is 34.9 Å². The third-order valence-corrected chi connectivity index (χ3v) is 3.52. The molecule has 2 N–H and O–H groups in total. The van der Waals surface area contributed by atoms with Crippen molar-refractivity contribution in [2.75, 3.05) is 33.2 Å². The molecule has 1 saturated heterocycles. The van der Waals surface area contributed by atoms with Gasteiger partial charge in [-0.15, -0.1) is 0 Å². The van der Waals surface area contributed by atoms with Gasteiger partial charge in [-0.3, -0.25) is 4.79 Å². The van der Waals surface area contributed by atoms with Crippen molar-refractivity contribution < 1.29 is 4.79 Å². The molecule has 1 unspecified atom stereocenters. The first-order chi connectivity index (χ1) is 8.58. The summed E-state index contributed by atoms with van der Waals surface area (Å²) in [6, 6.07) is 6.56. The first-order valence-electron chi connectivity index (χ1n) is 6.06. The number of carbonyl (C=O) groups excluding carboxylic acids is 1. The molecule has 18 heavy (non-hydrogen) atoms. The minimum absolute atomic E-state index is 0.0228. The fraction of sp³-hybridized carbons (Fsp3) is 0.462. The molecule has 0 saturated carbocycles. The van der Waals surface area contributed by atoms with Gasteiger partial charge in [0.1, 0.15) is 6.04 Å². The topological polar surface area (TPSA) is 49.6 Å². The maximum Gasteiger partial charge on any atom is 0.244 e. The average Bonchev–Trinajstić information content (AvgIpc) is 2.38. The molecule has 1 atom stereocenters. The Labute approximate surface area is 112 Å². The molecule has 1 aliphatic rings. The zero-order valence-electron chi connectivity index (χ0n) is 10.5. The predicted octanol–water partition coefficient (Wildman–Crippen LogP) is 1.11. The maximum absolute atomic E-state index is 12.3. The van der Waals surface area contributed by atoms with Crippen molar-refractivity contribution in [2.24, 2.45) is 5.73 Å². The quantitative estimate of drug-likeness (QED) is 0.874. The lowest BCUT2D eigenvalue weighted by molar-refractivity contribution is -0.134. The van der Waals surface area contributed by atoms with Crippen LogP contribution in [0.2, 0.25) is 5.02 Å². The second-order valence-corrected chi connectivity index (χ2v) is 5.10. The number of hydrogen-bond acceptors (Lipinski definition) is 3. The number of benzene rings is 1. The fourth-order valence-electron chi connectivity index (χ4n) is 2.07. The van der Waals surface area contributed by atoms with Crippen LogP contribution in [0.3, 0.4) is 0 Å². The Morgan fingerprint density at radius 1 is 1.33 bits per heavy atom. The molecule has 0 radical (unpaired) electrons. The molecular weight excluding hydrogens is 250 g/mol. The highest BCUT2D eigenvalue weighted by molar-refractivity contribution is 6.30. The zero-order chi connectivity index (χ0) is 13.1. The Hall–Kier alpha value is -1.10. The summed E-state index contributed by atoms with van der Waals surface area (Å²) in [5.41, 5.74) is 6.78. The van der Waals surface area contributed by atoms with Gasteiger partial charge in [0.25, 0.3) is 0 Å². The molecule has 1 fully saturated rings. The number of rotatable bonds is 2. The lowest BCUT2D eigenvalue weighted by Crippen LogP contribution is -2.49. The van der Waals surface area contributed by atoms with Gasteiger partial charge in [0.2, 0.25) is 5.91 Å². The lowest BCUT2D eigenvalue weighted by atomic mass is 10.1. The molecule has 98 valence electrons. The monoisotopic (exact) mass is 267 g/mol. The van der Waals surface area contributed by atoms with Crippen molar-refractivity contribution in [2.45, 2.75) is 6.04 Å². The highest BCUT2D eigenvalue weighted by Crippen LogP contribution is 2.18. The Morgan fingerprint density at radius 3 is 2.61 bits per heavy atom. The van der Waals surface area contributed by atoms with Crippen LogP contribution in [-0.4, -0.2) is 48.9 Å². The van der Waals surface area contributed by atoms with Crippen LogP contribution >= 0.6 is 11.6 Å². The smallest absolute Gasteiger partial charge is 0.244 e. The summed E-state index contributed by atoms with van der Waals surface area (Å²) in [4.78, 5) is 16.3. The summed E-state index contributed by atoms with van der Waals surface area (Å²) in [5, 5.41) is 0.606. The predicted molar refractivity (Wildman–Crippen MR) is 72.5 cm³/mol. The molecule has 1 heterocycles. The first kappa shape index (κ1) is 13.3. The first-order valence-corrected chi connectivity index (χ1v) is 6.44. The van der Waals surface area contributed by atoms with Crippen molar-refractivity contribution in [3.63, 3.8) is 0 Å². The number of likely N-dealkylation sites (N-methyl/N-ethyl adjacent to an activating group) is 1. The molecule has 1 aliphatic heterocycles. The van der Waals surface area contributed by atoms with Crippen LogP contribution in [-0.2, 0) is 4.79 Å². The Balaban J connectivity index is 2.04. The standard InChI is InChI=1S/C13H18ClN3O/c1-16-5-7-17(8-6-16)13(18)12(15)10-3-2-4-11(14)9-10/h2-4,9,12H,5-8,15H2,1H3. The molecule has 1 aromatic carbocycles. The fourth-order valence-corrected chi connectivity index (χ4v) is 2.26. The van der Waals surface area contributed by atoms with Gasteiger partial charge in [0, 0.05) is 31.2 Å². The number of carbonyl (C=O) groups is 1. The van der Waals surface area contributed by atoms with Gasteiger partial charge >= 0.3 is 0 Å². The minimum atomic E-state index is -0.618. The molecule has 0 aliphatic carbocycles. The number of halogens is 1. The maximum atomic E-state index is 12.3. The number of nitrogens with zero attached hydrogens (tertiary/aromatic N) is 2. The van der Waals surface area contributed by atoms with Crippen molar-refractivity contribution in [3.8, 4) is 0 Å². The van der Waals surface area contributed by atoms with Crippen molar-refractivity contribution in [1.82, 2.24) is 9.80 Å². The molecular formula is C13H18ClN3O. The van der Waals surface area contributed by atoms with Crippen LogP contribution in [0, 0.1) is 0 Å². The highest BCUT2D eigenvalue weighted by Gasteiger charge is 2.25. The Bertz CT molecular complexity index is 430. The van der Waals surface area contributed by atoms with Gasteiger partial charge < -0.3 is 15.5 Å². The van der Waals surface area contributed by atoms with Gasteiger partial charge in [-0.25, -0.2) is 0 Å². The summed E-state index contributed by atoms with van der Waals surface area (Å²) in [7, 11) is 2.05. The largest absolute Gasteiger partial charge is 0.338 e. The third kappa shape index (κ3) is 3.02. The van der Waals surface area contributed by atoms with E-state index in [9.17, 15) is 4.79 Å². The van der Waals surface area contributed by atoms with Crippen LogP contribution in [0.1, 0.15) is 11.6 Å². The summed E-state index contributed by atoms with van der Waals surface area (Å²) >= 11 is 5.91.